The fourth-order valence-corrected chi connectivity index (χ4v) is 5.98. The highest BCUT2D eigenvalue weighted by Gasteiger charge is 2.33. The van der Waals surface area contributed by atoms with Crippen LogP contribution in [0.15, 0.2) is 34.4 Å². The van der Waals surface area contributed by atoms with Gasteiger partial charge < -0.3 is 9.47 Å². The van der Waals surface area contributed by atoms with E-state index in [0.29, 0.717) is 6.61 Å². The first-order valence-electron chi connectivity index (χ1n) is 9.31. The number of hydrogen-bond donors (Lipinski definition) is 0. The Kier molecular flexibility index (Phi) is 5.88. The van der Waals surface area contributed by atoms with Gasteiger partial charge in [0.2, 0.25) is 0 Å². The SMILES string of the molecule is CC[C@@]1(C)Cc2c(sc3nc(SC)nc(SCc4ccc(OC)cc4)c23)CO1. The van der Waals surface area contributed by atoms with Crippen molar-refractivity contribution in [3.8, 4) is 5.75 Å². The van der Waals surface area contributed by atoms with Crippen molar-refractivity contribution in [2.24, 2.45) is 0 Å². The van der Waals surface area contributed by atoms with Gasteiger partial charge in [-0.3, -0.25) is 0 Å². The Bertz CT molecular complexity index is 987. The molecular weight excluding hydrogens is 408 g/mol. The van der Waals surface area contributed by atoms with Gasteiger partial charge >= 0.3 is 0 Å². The Labute approximate surface area is 178 Å². The van der Waals surface area contributed by atoms with Crippen LogP contribution < -0.4 is 4.74 Å². The molecule has 1 aliphatic heterocycles. The van der Waals surface area contributed by atoms with E-state index in [1.165, 1.54) is 21.4 Å². The Balaban J connectivity index is 1.70. The van der Waals surface area contributed by atoms with Crippen LogP contribution in [0.25, 0.3) is 10.2 Å². The van der Waals surface area contributed by atoms with E-state index in [4.69, 9.17) is 19.4 Å². The maximum atomic E-state index is 6.16. The van der Waals surface area contributed by atoms with E-state index in [2.05, 4.69) is 26.0 Å². The monoisotopic (exact) mass is 432 g/mol. The number of benzene rings is 1. The summed E-state index contributed by atoms with van der Waals surface area (Å²) in [5.74, 6) is 1.75. The van der Waals surface area contributed by atoms with Crippen LogP contribution in [-0.4, -0.2) is 28.9 Å². The lowest BCUT2D eigenvalue weighted by Gasteiger charge is -2.33. The summed E-state index contributed by atoms with van der Waals surface area (Å²) < 4.78 is 11.4. The Hall–Kier alpha value is -1.28. The van der Waals surface area contributed by atoms with Crippen molar-refractivity contribution in [2.75, 3.05) is 13.4 Å². The van der Waals surface area contributed by atoms with Gasteiger partial charge in [0, 0.05) is 22.4 Å². The van der Waals surface area contributed by atoms with Gasteiger partial charge in [0.15, 0.2) is 5.16 Å². The van der Waals surface area contributed by atoms with Crippen LogP contribution in [0.4, 0.5) is 0 Å². The van der Waals surface area contributed by atoms with Crippen LogP contribution in [0.1, 0.15) is 36.3 Å². The van der Waals surface area contributed by atoms with E-state index in [0.717, 1.165) is 39.4 Å². The molecule has 1 atom stereocenters. The van der Waals surface area contributed by atoms with E-state index in [1.54, 1.807) is 42.0 Å². The second-order valence-electron chi connectivity index (χ2n) is 7.11. The smallest absolute Gasteiger partial charge is 0.189 e. The summed E-state index contributed by atoms with van der Waals surface area (Å²) in [5, 5.41) is 3.16. The first-order valence-corrected chi connectivity index (χ1v) is 12.3. The van der Waals surface area contributed by atoms with Crippen LogP contribution in [-0.2, 0) is 23.5 Å². The van der Waals surface area contributed by atoms with Crippen molar-refractivity contribution < 1.29 is 9.47 Å². The number of ether oxygens (including phenoxy) is 2. The third-order valence-corrected chi connectivity index (χ3v) is 7.94. The van der Waals surface area contributed by atoms with Crippen molar-refractivity contribution >= 4 is 45.1 Å². The van der Waals surface area contributed by atoms with E-state index in [9.17, 15) is 0 Å². The van der Waals surface area contributed by atoms with Crippen LogP contribution >= 0.6 is 34.9 Å². The summed E-state index contributed by atoms with van der Waals surface area (Å²) in [6.07, 6.45) is 3.96. The Morgan fingerprint density at radius 1 is 1.25 bits per heavy atom. The zero-order chi connectivity index (χ0) is 19.7. The number of aromatic nitrogens is 2. The van der Waals surface area contributed by atoms with Gasteiger partial charge in [-0.05, 0) is 42.9 Å². The van der Waals surface area contributed by atoms with Crippen molar-refractivity contribution in [1.29, 1.82) is 0 Å². The van der Waals surface area contributed by atoms with Crippen LogP contribution in [0, 0.1) is 0 Å². The topological polar surface area (TPSA) is 44.2 Å². The molecule has 2 aromatic heterocycles. The van der Waals surface area contributed by atoms with Gasteiger partial charge in [-0.2, -0.15) is 0 Å². The predicted molar refractivity (Wildman–Crippen MR) is 119 cm³/mol. The Morgan fingerprint density at radius 3 is 2.71 bits per heavy atom. The minimum atomic E-state index is -0.100. The highest BCUT2D eigenvalue weighted by molar-refractivity contribution is 7.99. The third-order valence-electron chi connectivity index (χ3n) is 5.25. The lowest BCUT2D eigenvalue weighted by molar-refractivity contribution is -0.0543. The number of hydrogen-bond acceptors (Lipinski definition) is 7. The fourth-order valence-electron chi connectivity index (χ4n) is 3.32. The van der Waals surface area contributed by atoms with Crippen molar-refractivity contribution in [3.63, 3.8) is 0 Å². The third kappa shape index (κ3) is 3.90. The summed E-state index contributed by atoms with van der Waals surface area (Å²) in [6.45, 7) is 5.08. The zero-order valence-electron chi connectivity index (χ0n) is 16.6. The average Bonchev–Trinajstić information content (AvgIpc) is 3.09. The molecule has 0 spiro atoms. The summed E-state index contributed by atoms with van der Waals surface area (Å²) >= 11 is 5.15. The standard InChI is InChI=1S/C21H24N2O2S3/c1-5-21(2)10-15-16(11-25-21)28-19-17(15)18(22-20(23-19)26-4)27-12-13-6-8-14(24-3)9-7-13/h6-9H,5,10-12H2,1-4H3/t21-/m0/s1. The molecule has 7 heteroatoms. The molecule has 1 aromatic carbocycles. The number of fused-ring (bicyclic) bond motifs is 3. The molecule has 4 nitrogen and oxygen atoms in total. The highest BCUT2D eigenvalue weighted by atomic mass is 32.2. The summed E-state index contributed by atoms with van der Waals surface area (Å²) in [4.78, 5) is 12.1. The molecule has 0 saturated carbocycles. The molecule has 0 N–H and O–H groups in total. The van der Waals surface area contributed by atoms with Gasteiger partial charge in [0.1, 0.15) is 15.6 Å². The molecule has 0 radical (unpaired) electrons. The first kappa shape index (κ1) is 20.0. The molecule has 28 heavy (non-hydrogen) atoms. The van der Waals surface area contributed by atoms with Crippen LogP contribution in [0.5, 0.6) is 5.75 Å². The molecule has 3 heterocycles. The number of thioether (sulfide) groups is 2. The lowest BCUT2D eigenvalue weighted by Crippen LogP contribution is -2.33. The van der Waals surface area contributed by atoms with E-state index in [-0.39, 0.29) is 5.60 Å². The minimum Gasteiger partial charge on any atom is -0.497 e. The van der Waals surface area contributed by atoms with Gasteiger partial charge in [-0.25, -0.2) is 9.97 Å². The fraction of sp³-hybridized carbons (Fsp3) is 0.429. The van der Waals surface area contributed by atoms with Crippen LogP contribution in [0.2, 0.25) is 0 Å². The van der Waals surface area contributed by atoms with Gasteiger partial charge in [0.05, 0.1) is 19.3 Å². The van der Waals surface area contributed by atoms with Crippen LogP contribution in [0.3, 0.4) is 0 Å². The molecule has 4 rings (SSSR count). The molecule has 0 fully saturated rings. The summed E-state index contributed by atoms with van der Waals surface area (Å²) in [5.41, 5.74) is 2.55. The van der Waals surface area contributed by atoms with Crippen molar-refractivity contribution in [1.82, 2.24) is 9.97 Å². The highest BCUT2D eigenvalue weighted by Crippen LogP contribution is 2.43. The van der Waals surface area contributed by atoms with E-state index >= 15 is 0 Å². The van der Waals surface area contributed by atoms with E-state index < -0.39 is 0 Å². The second-order valence-corrected chi connectivity index (χ2v) is 9.93. The molecular formula is C21H24N2O2S3. The summed E-state index contributed by atoms with van der Waals surface area (Å²) in [7, 11) is 1.69. The molecule has 0 unspecified atom stereocenters. The normalized spacial score (nSPS) is 19.0. The maximum Gasteiger partial charge on any atom is 0.189 e. The van der Waals surface area contributed by atoms with Gasteiger partial charge in [-0.15, -0.1) is 23.1 Å². The largest absolute Gasteiger partial charge is 0.497 e. The second kappa shape index (κ2) is 8.22. The van der Waals surface area contributed by atoms with Gasteiger partial charge in [-0.1, -0.05) is 30.8 Å². The first-order chi connectivity index (χ1) is 13.5. The van der Waals surface area contributed by atoms with Gasteiger partial charge in [0.25, 0.3) is 0 Å². The predicted octanol–water partition coefficient (Wildman–Crippen LogP) is 5.96. The molecule has 0 bridgehead atoms. The average molecular weight is 433 g/mol. The molecule has 148 valence electrons. The number of nitrogens with zero attached hydrogens (tertiary/aromatic N) is 2. The number of thiophene rings is 1. The molecule has 0 amide bonds. The van der Waals surface area contributed by atoms with Crippen molar-refractivity contribution in [2.45, 2.75) is 54.8 Å². The molecule has 0 saturated heterocycles. The summed E-state index contributed by atoms with van der Waals surface area (Å²) in [6, 6.07) is 8.25. The quantitative estimate of drug-likeness (QED) is 0.272. The molecule has 0 aliphatic carbocycles. The van der Waals surface area contributed by atoms with Crippen molar-refractivity contribution in [3.05, 3.63) is 40.3 Å². The molecule has 1 aliphatic rings. The number of rotatable bonds is 6. The Morgan fingerprint density at radius 2 is 2.04 bits per heavy atom. The molecule has 3 aromatic rings. The maximum absolute atomic E-state index is 6.16. The minimum absolute atomic E-state index is 0.100. The zero-order valence-corrected chi connectivity index (χ0v) is 19.0. The van der Waals surface area contributed by atoms with E-state index in [1.807, 2.05) is 18.4 Å². The lowest BCUT2D eigenvalue weighted by atomic mass is 9.90. The number of methoxy groups -OCH3 is 1.